The van der Waals surface area contributed by atoms with Crippen molar-refractivity contribution in [1.29, 1.82) is 0 Å². The Labute approximate surface area is 161 Å². The first-order chi connectivity index (χ1) is 12.5. The lowest BCUT2D eigenvalue weighted by Gasteiger charge is -2.17. The Hall–Kier alpha value is -1.55. The molecule has 0 amide bonds. The standard InChI is InChI=1S/C22H29ClN2O/c1-4-14-8-17-10-19(11-18(17)9-15(14)5-2)25-13-22(26)16-6-7-20(23)21(12-16)24-3/h6-9,12,19,22,24-26H,4-5,10-11,13H2,1-3H3/t22-/m0/s1. The number of hydrogen-bond donors (Lipinski definition) is 3. The van der Waals surface area contributed by atoms with Gasteiger partial charge in [0, 0.05) is 19.6 Å². The van der Waals surface area contributed by atoms with Gasteiger partial charge in [-0.1, -0.05) is 43.6 Å². The lowest BCUT2D eigenvalue weighted by molar-refractivity contribution is 0.170. The third-order valence-corrected chi connectivity index (χ3v) is 5.79. The van der Waals surface area contributed by atoms with Crippen LogP contribution < -0.4 is 10.6 Å². The van der Waals surface area contributed by atoms with Crippen molar-refractivity contribution in [3.63, 3.8) is 0 Å². The van der Waals surface area contributed by atoms with Crippen LogP contribution in [0, 0.1) is 0 Å². The first-order valence-corrected chi connectivity index (χ1v) is 9.95. The molecule has 2 aromatic rings. The zero-order valence-corrected chi connectivity index (χ0v) is 16.7. The smallest absolute Gasteiger partial charge is 0.0915 e. The van der Waals surface area contributed by atoms with E-state index in [0.717, 1.165) is 36.9 Å². The van der Waals surface area contributed by atoms with E-state index in [-0.39, 0.29) is 0 Å². The molecule has 0 aliphatic heterocycles. The number of halogens is 1. The maximum absolute atomic E-state index is 10.5. The number of aliphatic hydroxyl groups is 1. The van der Waals surface area contributed by atoms with Crippen LogP contribution >= 0.6 is 11.6 Å². The number of benzene rings is 2. The van der Waals surface area contributed by atoms with Gasteiger partial charge >= 0.3 is 0 Å². The minimum absolute atomic E-state index is 0.396. The summed E-state index contributed by atoms with van der Waals surface area (Å²) in [5.41, 5.74) is 7.62. The molecule has 2 aromatic carbocycles. The van der Waals surface area contributed by atoms with Gasteiger partial charge in [0.25, 0.3) is 0 Å². The topological polar surface area (TPSA) is 44.3 Å². The summed E-state index contributed by atoms with van der Waals surface area (Å²) in [7, 11) is 1.83. The molecule has 1 atom stereocenters. The van der Waals surface area contributed by atoms with Crippen LogP contribution in [-0.2, 0) is 25.7 Å². The van der Waals surface area contributed by atoms with Gasteiger partial charge in [-0.05, 0) is 65.6 Å². The summed E-state index contributed by atoms with van der Waals surface area (Å²) in [4.78, 5) is 0. The molecule has 4 heteroatoms. The summed E-state index contributed by atoms with van der Waals surface area (Å²) < 4.78 is 0. The number of aliphatic hydroxyl groups excluding tert-OH is 1. The van der Waals surface area contributed by atoms with Crippen LogP contribution in [0.1, 0.15) is 47.8 Å². The molecule has 0 saturated heterocycles. The Morgan fingerprint density at radius 2 is 1.69 bits per heavy atom. The number of rotatable bonds is 7. The van der Waals surface area contributed by atoms with Crippen molar-refractivity contribution in [3.05, 3.63) is 63.2 Å². The second kappa shape index (κ2) is 8.43. The molecule has 0 radical (unpaired) electrons. The quantitative estimate of drug-likeness (QED) is 0.679. The third-order valence-electron chi connectivity index (χ3n) is 5.46. The summed E-state index contributed by atoms with van der Waals surface area (Å²) >= 11 is 6.12. The number of nitrogens with one attached hydrogen (secondary N) is 2. The number of aryl methyl sites for hydroxylation is 2. The fourth-order valence-electron chi connectivity index (χ4n) is 3.92. The van der Waals surface area contributed by atoms with E-state index in [0.29, 0.717) is 17.6 Å². The largest absolute Gasteiger partial charge is 0.387 e. The van der Waals surface area contributed by atoms with Crippen molar-refractivity contribution < 1.29 is 5.11 Å². The highest BCUT2D eigenvalue weighted by Crippen LogP contribution is 2.28. The highest BCUT2D eigenvalue weighted by atomic mass is 35.5. The first-order valence-electron chi connectivity index (χ1n) is 9.57. The molecule has 3 nitrogen and oxygen atoms in total. The second-order valence-corrected chi connectivity index (χ2v) is 7.52. The van der Waals surface area contributed by atoms with Gasteiger partial charge in [0.2, 0.25) is 0 Å². The Morgan fingerprint density at radius 1 is 1.08 bits per heavy atom. The Morgan fingerprint density at radius 3 is 2.23 bits per heavy atom. The van der Waals surface area contributed by atoms with Gasteiger partial charge in [-0.3, -0.25) is 0 Å². The molecule has 0 saturated carbocycles. The molecule has 3 rings (SSSR count). The fourth-order valence-corrected chi connectivity index (χ4v) is 4.13. The molecule has 0 fully saturated rings. The number of anilines is 1. The Kier molecular flexibility index (Phi) is 6.23. The van der Waals surface area contributed by atoms with E-state index in [1.54, 1.807) is 0 Å². The zero-order valence-electron chi connectivity index (χ0n) is 15.9. The van der Waals surface area contributed by atoms with Gasteiger partial charge in [0.1, 0.15) is 0 Å². The Balaban J connectivity index is 1.62. The summed E-state index contributed by atoms with van der Waals surface area (Å²) in [6.45, 7) is 5.01. The predicted octanol–water partition coefficient (Wildman–Crippen LogP) is 4.30. The molecule has 0 unspecified atom stereocenters. The van der Waals surface area contributed by atoms with Crippen LogP contribution in [0.5, 0.6) is 0 Å². The van der Waals surface area contributed by atoms with Crippen LogP contribution in [-0.4, -0.2) is 24.7 Å². The number of hydrogen-bond acceptors (Lipinski definition) is 3. The van der Waals surface area contributed by atoms with Gasteiger partial charge < -0.3 is 15.7 Å². The van der Waals surface area contributed by atoms with E-state index >= 15 is 0 Å². The van der Waals surface area contributed by atoms with Gasteiger partial charge in [-0.25, -0.2) is 0 Å². The van der Waals surface area contributed by atoms with Crippen molar-refractivity contribution in [2.45, 2.75) is 51.7 Å². The molecule has 0 aromatic heterocycles. The maximum atomic E-state index is 10.5. The molecule has 0 bridgehead atoms. The van der Waals surface area contributed by atoms with Crippen molar-refractivity contribution >= 4 is 17.3 Å². The molecule has 3 N–H and O–H groups in total. The van der Waals surface area contributed by atoms with Crippen molar-refractivity contribution in [1.82, 2.24) is 5.32 Å². The molecular weight excluding hydrogens is 344 g/mol. The summed E-state index contributed by atoms with van der Waals surface area (Å²) in [5, 5.41) is 17.8. The van der Waals surface area contributed by atoms with E-state index in [1.807, 2.05) is 25.2 Å². The molecule has 0 heterocycles. The zero-order chi connectivity index (χ0) is 18.7. The second-order valence-electron chi connectivity index (χ2n) is 7.12. The fraction of sp³-hybridized carbons (Fsp3) is 0.455. The minimum Gasteiger partial charge on any atom is -0.387 e. The summed E-state index contributed by atoms with van der Waals surface area (Å²) in [6.07, 6.45) is 3.73. The van der Waals surface area contributed by atoms with E-state index in [1.165, 1.54) is 22.3 Å². The normalized spacial score (nSPS) is 15.1. The summed E-state index contributed by atoms with van der Waals surface area (Å²) in [6, 6.07) is 10.8. The molecule has 140 valence electrons. The van der Waals surface area contributed by atoms with Crippen LogP contribution in [0.3, 0.4) is 0 Å². The van der Waals surface area contributed by atoms with Gasteiger partial charge in [-0.15, -0.1) is 0 Å². The van der Waals surface area contributed by atoms with Crippen LogP contribution in [0.25, 0.3) is 0 Å². The van der Waals surface area contributed by atoms with E-state index < -0.39 is 6.10 Å². The van der Waals surface area contributed by atoms with E-state index in [2.05, 4.69) is 36.6 Å². The highest BCUT2D eigenvalue weighted by Gasteiger charge is 2.23. The average molecular weight is 373 g/mol. The lowest BCUT2D eigenvalue weighted by Crippen LogP contribution is -2.33. The first kappa shape index (κ1) is 19.2. The van der Waals surface area contributed by atoms with E-state index in [9.17, 15) is 5.11 Å². The molecule has 1 aliphatic carbocycles. The average Bonchev–Trinajstić information content (AvgIpc) is 3.06. The van der Waals surface area contributed by atoms with Crippen molar-refractivity contribution in [3.8, 4) is 0 Å². The lowest BCUT2D eigenvalue weighted by atomic mass is 9.97. The molecule has 26 heavy (non-hydrogen) atoms. The maximum Gasteiger partial charge on any atom is 0.0915 e. The minimum atomic E-state index is -0.541. The monoisotopic (exact) mass is 372 g/mol. The SMILES string of the molecule is CCc1cc2c(cc1CC)CC(NC[C@H](O)c1ccc(Cl)c(NC)c1)C2. The Bertz CT molecular complexity index is 742. The van der Waals surface area contributed by atoms with Crippen molar-refractivity contribution in [2.75, 3.05) is 18.9 Å². The van der Waals surface area contributed by atoms with Gasteiger partial charge in [0.15, 0.2) is 0 Å². The predicted molar refractivity (Wildman–Crippen MR) is 110 cm³/mol. The van der Waals surface area contributed by atoms with Crippen LogP contribution in [0.4, 0.5) is 5.69 Å². The molecule has 0 spiro atoms. The highest BCUT2D eigenvalue weighted by molar-refractivity contribution is 6.33. The van der Waals surface area contributed by atoms with Crippen LogP contribution in [0.15, 0.2) is 30.3 Å². The van der Waals surface area contributed by atoms with Crippen molar-refractivity contribution in [2.24, 2.45) is 0 Å². The van der Waals surface area contributed by atoms with Gasteiger partial charge in [0.05, 0.1) is 16.8 Å². The third kappa shape index (κ3) is 4.06. The van der Waals surface area contributed by atoms with Gasteiger partial charge in [-0.2, -0.15) is 0 Å². The van der Waals surface area contributed by atoms with Crippen LogP contribution in [0.2, 0.25) is 5.02 Å². The van der Waals surface area contributed by atoms with E-state index in [4.69, 9.17) is 11.6 Å². The molecular formula is C22H29ClN2O. The summed E-state index contributed by atoms with van der Waals surface area (Å²) in [5.74, 6) is 0. The molecule has 1 aliphatic rings. The number of fused-ring (bicyclic) bond motifs is 1.